The van der Waals surface area contributed by atoms with Crippen LogP contribution in [0, 0.1) is 6.92 Å². The Balaban J connectivity index is 1.97. The number of aryl methyl sites for hydroxylation is 1. The van der Waals surface area contributed by atoms with Crippen molar-refractivity contribution in [3.63, 3.8) is 0 Å². The van der Waals surface area contributed by atoms with Gasteiger partial charge in [-0.2, -0.15) is 0 Å². The minimum absolute atomic E-state index is 0.0259. The van der Waals surface area contributed by atoms with E-state index in [1.165, 1.54) is 10.4 Å². The zero-order chi connectivity index (χ0) is 19.6. The van der Waals surface area contributed by atoms with E-state index in [0.29, 0.717) is 13.1 Å². The summed E-state index contributed by atoms with van der Waals surface area (Å²) in [7, 11) is 3.75. The summed E-state index contributed by atoms with van der Waals surface area (Å²) in [4.78, 5) is 19.7. The molecular weight excluding hydrogens is 358 g/mol. The molecule has 0 fully saturated rings. The molecular formula is C20H29N5OS. The van der Waals surface area contributed by atoms with Crippen molar-refractivity contribution in [2.45, 2.75) is 26.9 Å². The number of carbonyl (C=O) groups excluding carboxylic acids is 1. The molecule has 2 rings (SSSR count). The Morgan fingerprint density at radius 3 is 2.70 bits per heavy atom. The average Bonchev–Trinajstić information content (AvgIpc) is 3.02. The first-order valence-electron chi connectivity index (χ1n) is 9.06. The van der Waals surface area contributed by atoms with Crippen LogP contribution in [-0.2, 0) is 17.9 Å². The SMILES string of the molecule is CCNC(=NCc1cccc(NC(=O)CN(C)C)c1)NCc1sccc1C. The summed E-state index contributed by atoms with van der Waals surface area (Å²) in [5.41, 5.74) is 3.13. The molecule has 0 aliphatic heterocycles. The van der Waals surface area contributed by atoms with Crippen LogP contribution in [0.3, 0.4) is 0 Å². The number of nitrogens with zero attached hydrogens (tertiary/aromatic N) is 2. The molecule has 3 N–H and O–H groups in total. The summed E-state index contributed by atoms with van der Waals surface area (Å²) in [6.45, 7) is 6.63. The lowest BCUT2D eigenvalue weighted by Crippen LogP contribution is -2.36. The van der Waals surface area contributed by atoms with Crippen molar-refractivity contribution in [1.29, 1.82) is 0 Å². The number of guanidine groups is 1. The fourth-order valence-electron chi connectivity index (χ4n) is 2.50. The van der Waals surface area contributed by atoms with Gasteiger partial charge in [0.2, 0.25) is 5.91 Å². The molecule has 0 saturated heterocycles. The van der Waals surface area contributed by atoms with Crippen molar-refractivity contribution in [2.75, 3.05) is 32.5 Å². The third-order valence-electron chi connectivity index (χ3n) is 3.82. The van der Waals surface area contributed by atoms with Gasteiger partial charge in [0.05, 0.1) is 19.6 Å². The van der Waals surface area contributed by atoms with Crippen LogP contribution in [0.5, 0.6) is 0 Å². The smallest absolute Gasteiger partial charge is 0.238 e. The van der Waals surface area contributed by atoms with Crippen molar-refractivity contribution in [2.24, 2.45) is 4.99 Å². The highest BCUT2D eigenvalue weighted by molar-refractivity contribution is 7.10. The van der Waals surface area contributed by atoms with E-state index in [1.54, 1.807) is 11.3 Å². The molecule has 2 aromatic rings. The van der Waals surface area contributed by atoms with Crippen LogP contribution in [0.1, 0.15) is 22.9 Å². The van der Waals surface area contributed by atoms with Gasteiger partial charge in [0.1, 0.15) is 0 Å². The average molecular weight is 388 g/mol. The lowest BCUT2D eigenvalue weighted by Gasteiger charge is -2.12. The summed E-state index contributed by atoms with van der Waals surface area (Å²) in [6.07, 6.45) is 0. The molecule has 0 bridgehead atoms. The molecule has 1 amide bonds. The maximum Gasteiger partial charge on any atom is 0.238 e. The predicted octanol–water partition coefficient (Wildman–Crippen LogP) is 2.81. The molecule has 0 aliphatic rings. The first-order valence-corrected chi connectivity index (χ1v) is 9.94. The van der Waals surface area contributed by atoms with Gasteiger partial charge in [-0.25, -0.2) is 4.99 Å². The molecule has 146 valence electrons. The third-order valence-corrected chi connectivity index (χ3v) is 4.84. The van der Waals surface area contributed by atoms with E-state index >= 15 is 0 Å². The lowest BCUT2D eigenvalue weighted by molar-refractivity contribution is -0.116. The number of amides is 1. The second-order valence-electron chi connectivity index (χ2n) is 6.56. The highest BCUT2D eigenvalue weighted by atomic mass is 32.1. The Labute approximate surface area is 165 Å². The minimum atomic E-state index is -0.0259. The summed E-state index contributed by atoms with van der Waals surface area (Å²) < 4.78 is 0. The Bertz CT molecular complexity index is 769. The first-order chi connectivity index (χ1) is 13.0. The molecule has 0 saturated carbocycles. The Morgan fingerprint density at radius 2 is 2.04 bits per heavy atom. The van der Waals surface area contributed by atoms with Crippen LogP contribution in [-0.4, -0.2) is 44.0 Å². The van der Waals surface area contributed by atoms with Crippen LogP contribution < -0.4 is 16.0 Å². The molecule has 0 unspecified atom stereocenters. The largest absolute Gasteiger partial charge is 0.357 e. The van der Waals surface area contributed by atoms with Crippen molar-refractivity contribution >= 4 is 28.9 Å². The molecule has 1 aromatic heterocycles. The lowest BCUT2D eigenvalue weighted by atomic mass is 10.2. The van der Waals surface area contributed by atoms with E-state index < -0.39 is 0 Å². The number of likely N-dealkylation sites (N-methyl/N-ethyl adjacent to an activating group) is 1. The van der Waals surface area contributed by atoms with Crippen LogP contribution in [0.15, 0.2) is 40.7 Å². The molecule has 0 radical (unpaired) electrons. The molecule has 27 heavy (non-hydrogen) atoms. The summed E-state index contributed by atoms with van der Waals surface area (Å²) in [6, 6.07) is 9.93. The quantitative estimate of drug-likeness (QED) is 0.481. The van der Waals surface area contributed by atoms with Gasteiger partial charge in [-0.1, -0.05) is 12.1 Å². The summed E-state index contributed by atoms with van der Waals surface area (Å²) in [5.74, 6) is 0.759. The predicted molar refractivity (Wildman–Crippen MR) is 114 cm³/mol. The number of rotatable bonds is 8. The molecule has 0 atom stereocenters. The summed E-state index contributed by atoms with van der Waals surface area (Å²) >= 11 is 1.75. The van der Waals surface area contributed by atoms with Gasteiger partial charge in [0, 0.05) is 17.1 Å². The number of hydrogen-bond donors (Lipinski definition) is 3. The second-order valence-corrected chi connectivity index (χ2v) is 7.56. The van der Waals surface area contributed by atoms with Crippen molar-refractivity contribution in [3.05, 3.63) is 51.7 Å². The van der Waals surface area contributed by atoms with Crippen LogP contribution >= 0.6 is 11.3 Å². The molecule has 1 heterocycles. The fraction of sp³-hybridized carbons (Fsp3) is 0.400. The fourth-order valence-corrected chi connectivity index (χ4v) is 3.34. The van der Waals surface area contributed by atoms with E-state index in [0.717, 1.165) is 30.3 Å². The zero-order valence-electron chi connectivity index (χ0n) is 16.5. The van der Waals surface area contributed by atoms with Gasteiger partial charge < -0.3 is 20.9 Å². The number of thiophene rings is 1. The molecule has 6 nitrogen and oxygen atoms in total. The number of carbonyl (C=O) groups is 1. The molecule has 0 spiro atoms. The first kappa shape index (κ1) is 20.9. The minimum Gasteiger partial charge on any atom is -0.357 e. The van der Waals surface area contributed by atoms with Gasteiger partial charge in [-0.05, 0) is 62.6 Å². The third kappa shape index (κ3) is 7.40. The Hall–Kier alpha value is -2.38. The highest BCUT2D eigenvalue weighted by Crippen LogP contribution is 2.15. The number of aliphatic imine (C=N–C) groups is 1. The maximum absolute atomic E-state index is 11.9. The monoisotopic (exact) mass is 387 g/mol. The van der Waals surface area contributed by atoms with Gasteiger partial charge in [0.25, 0.3) is 0 Å². The van der Waals surface area contributed by atoms with E-state index in [-0.39, 0.29) is 5.91 Å². The van der Waals surface area contributed by atoms with Gasteiger partial charge in [-0.3, -0.25) is 4.79 Å². The van der Waals surface area contributed by atoms with Crippen molar-refractivity contribution < 1.29 is 4.79 Å². The van der Waals surface area contributed by atoms with E-state index in [4.69, 9.17) is 0 Å². The van der Waals surface area contributed by atoms with Gasteiger partial charge in [0.15, 0.2) is 5.96 Å². The Morgan fingerprint density at radius 1 is 1.22 bits per heavy atom. The molecule has 1 aromatic carbocycles. The normalized spacial score (nSPS) is 11.5. The van der Waals surface area contributed by atoms with E-state index in [9.17, 15) is 4.79 Å². The number of benzene rings is 1. The maximum atomic E-state index is 11.9. The summed E-state index contributed by atoms with van der Waals surface area (Å²) in [5, 5.41) is 11.7. The van der Waals surface area contributed by atoms with Crippen LogP contribution in [0.2, 0.25) is 0 Å². The second kappa shape index (κ2) is 10.7. The van der Waals surface area contributed by atoms with E-state index in [2.05, 4.69) is 46.2 Å². The number of anilines is 1. The molecule has 0 aliphatic carbocycles. The van der Waals surface area contributed by atoms with Crippen LogP contribution in [0.25, 0.3) is 0 Å². The topological polar surface area (TPSA) is 68.8 Å². The van der Waals surface area contributed by atoms with Gasteiger partial charge in [-0.15, -0.1) is 11.3 Å². The number of hydrogen-bond acceptors (Lipinski definition) is 4. The highest BCUT2D eigenvalue weighted by Gasteiger charge is 2.05. The molecule has 7 heteroatoms. The van der Waals surface area contributed by atoms with Gasteiger partial charge >= 0.3 is 0 Å². The van der Waals surface area contributed by atoms with Crippen molar-refractivity contribution in [3.8, 4) is 0 Å². The van der Waals surface area contributed by atoms with Crippen molar-refractivity contribution in [1.82, 2.24) is 15.5 Å². The standard InChI is InChI=1S/C20H29N5OS/c1-5-21-20(23-13-18-15(2)9-10-27-18)22-12-16-7-6-8-17(11-16)24-19(26)14-25(3)4/h6-11H,5,12-14H2,1-4H3,(H,24,26)(H2,21,22,23). The Kier molecular flexibility index (Phi) is 8.29. The van der Waals surface area contributed by atoms with Crippen LogP contribution in [0.4, 0.5) is 5.69 Å². The van der Waals surface area contributed by atoms with E-state index in [1.807, 2.05) is 43.3 Å². The zero-order valence-corrected chi connectivity index (χ0v) is 17.3. The number of nitrogens with one attached hydrogen (secondary N) is 3.